The summed E-state index contributed by atoms with van der Waals surface area (Å²) >= 11 is 0. The number of ether oxygens (including phenoxy) is 1. The minimum atomic E-state index is -0.187. The summed E-state index contributed by atoms with van der Waals surface area (Å²) in [6, 6.07) is 8.99. The molecule has 0 aliphatic heterocycles. The molecule has 1 aromatic carbocycles. The highest BCUT2D eigenvalue weighted by atomic mass is 16.5. The summed E-state index contributed by atoms with van der Waals surface area (Å²) in [5, 5.41) is 0. The van der Waals surface area contributed by atoms with E-state index in [0.29, 0.717) is 5.92 Å². The predicted octanol–water partition coefficient (Wildman–Crippen LogP) is 4.78. The number of benzene rings is 1. The largest absolute Gasteiger partial charge is 0.459 e. The molecule has 0 saturated heterocycles. The van der Waals surface area contributed by atoms with E-state index in [4.69, 9.17) is 4.74 Å². The SMILES string of the molecule is CCC=CC(=O)OC1CCC(c2ccc(CC)cc2)CC1. The van der Waals surface area contributed by atoms with Crippen LogP contribution in [0.15, 0.2) is 36.4 Å². The molecule has 21 heavy (non-hydrogen) atoms. The maximum Gasteiger partial charge on any atom is 0.330 e. The Morgan fingerprint density at radius 1 is 1.14 bits per heavy atom. The van der Waals surface area contributed by atoms with Gasteiger partial charge in [-0.15, -0.1) is 0 Å². The van der Waals surface area contributed by atoms with Gasteiger partial charge in [0.05, 0.1) is 0 Å². The highest BCUT2D eigenvalue weighted by molar-refractivity contribution is 5.82. The first-order chi connectivity index (χ1) is 10.2. The van der Waals surface area contributed by atoms with Crippen molar-refractivity contribution in [3.05, 3.63) is 47.5 Å². The highest BCUT2D eigenvalue weighted by Crippen LogP contribution is 2.34. The van der Waals surface area contributed by atoms with Crippen LogP contribution in [-0.4, -0.2) is 12.1 Å². The quantitative estimate of drug-likeness (QED) is 0.575. The third kappa shape index (κ3) is 4.73. The zero-order valence-corrected chi connectivity index (χ0v) is 13.2. The summed E-state index contributed by atoms with van der Waals surface area (Å²) in [7, 11) is 0. The molecule has 0 aromatic heterocycles. The number of esters is 1. The normalized spacial score (nSPS) is 22.4. The molecule has 1 saturated carbocycles. The number of carbonyl (C=O) groups excluding carboxylic acids is 1. The summed E-state index contributed by atoms with van der Waals surface area (Å²) < 4.78 is 5.49. The van der Waals surface area contributed by atoms with Crippen molar-refractivity contribution in [1.29, 1.82) is 0 Å². The maximum absolute atomic E-state index is 11.6. The van der Waals surface area contributed by atoms with Crippen LogP contribution in [0, 0.1) is 0 Å². The molecule has 0 amide bonds. The van der Waals surface area contributed by atoms with Crippen LogP contribution in [0.25, 0.3) is 0 Å². The van der Waals surface area contributed by atoms with Gasteiger partial charge in [-0.25, -0.2) is 4.79 Å². The second kappa shape index (κ2) is 8.02. The summed E-state index contributed by atoms with van der Waals surface area (Å²) in [6.07, 6.45) is 9.65. The van der Waals surface area contributed by atoms with E-state index in [0.717, 1.165) is 38.5 Å². The van der Waals surface area contributed by atoms with Crippen molar-refractivity contribution in [1.82, 2.24) is 0 Å². The van der Waals surface area contributed by atoms with E-state index in [9.17, 15) is 4.79 Å². The fraction of sp³-hybridized carbons (Fsp3) is 0.526. The highest BCUT2D eigenvalue weighted by Gasteiger charge is 2.24. The van der Waals surface area contributed by atoms with Crippen LogP contribution in [-0.2, 0) is 16.0 Å². The Bertz CT molecular complexity index is 465. The molecule has 2 heteroatoms. The molecule has 1 fully saturated rings. The minimum Gasteiger partial charge on any atom is -0.459 e. The summed E-state index contributed by atoms with van der Waals surface area (Å²) in [5.74, 6) is 0.435. The van der Waals surface area contributed by atoms with Crippen molar-refractivity contribution in [3.63, 3.8) is 0 Å². The predicted molar refractivity (Wildman–Crippen MR) is 86.3 cm³/mol. The van der Waals surface area contributed by atoms with Crippen LogP contribution in [0.4, 0.5) is 0 Å². The fourth-order valence-corrected chi connectivity index (χ4v) is 2.96. The first-order valence-corrected chi connectivity index (χ1v) is 8.19. The molecule has 2 rings (SSSR count). The van der Waals surface area contributed by atoms with Crippen molar-refractivity contribution in [2.24, 2.45) is 0 Å². The second-order valence-electron chi connectivity index (χ2n) is 5.82. The van der Waals surface area contributed by atoms with E-state index in [1.54, 1.807) is 6.08 Å². The molecule has 0 unspecified atom stereocenters. The third-order valence-corrected chi connectivity index (χ3v) is 4.31. The molecule has 0 N–H and O–H groups in total. The van der Waals surface area contributed by atoms with Gasteiger partial charge in [0.25, 0.3) is 0 Å². The number of aryl methyl sites for hydroxylation is 1. The Balaban J connectivity index is 1.82. The zero-order chi connectivity index (χ0) is 15.1. The Labute approximate surface area is 128 Å². The van der Waals surface area contributed by atoms with Gasteiger partial charge in [0.1, 0.15) is 6.10 Å². The molecule has 0 spiro atoms. The van der Waals surface area contributed by atoms with E-state index in [2.05, 4.69) is 31.2 Å². The smallest absolute Gasteiger partial charge is 0.330 e. The summed E-state index contributed by atoms with van der Waals surface area (Å²) in [6.45, 7) is 4.19. The van der Waals surface area contributed by atoms with Crippen LogP contribution >= 0.6 is 0 Å². The van der Waals surface area contributed by atoms with Gasteiger partial charge < -0.3 is 4.74 Å². The van der Waals surface area contributed by atoms with Gasteiger partial charge in [-0.1, -0.05) is 44.2 Å². The third-order valence-electron chi connectivity index (χ3n) is 4.31. The van der Waals surface area contributed by atoms with Crippen LogP contribution in [0.3, 0.4) is 0 Å². The lowest BCUT2D eigenvalue weighted by molar-refractivity contribution is -0.144. The first kappa shape index (κ1) is 15.8. The van der Waals surface area contributed by atoms with E-state index < -0.39 is 0 Å². The molecular weight excluding hydrogens is 260 g/mol. The number of hydrogen-bond donors (Lipinski definition) is 0. The van der Waals surface area contributed by atoms with Crippen molar-refractivity contribution in [3.8, 4) is 0 Å². The van der Waals surface area contributed by atoms with E-state index in [1.165, 1.54) is 11.1 Å². The van der Waals surface area contributed by atoms with Crippen LogP contribution in [0.5, 0.6) is 0 Å². The van der Waals surface area contributed by atoms with Crippen LogP contribution in [0.2, 0.25) is 0 Å². The average Bonchev–Trinajstić information content (AvgIpc) is 2.54. The Morgan fingerprint density at radius 3 is 2.38 bits per heavy atom. The monoisotopic (exact) mass is 286 g/mol. The van der Waals surface area contributed by atoms with Gasteiger partial charge in [0, 0.05) is 6.08 Å². The van der Waals surface area contributed by atoms with E-state index >= 15 is 0 Å². The molecule has 114 valence electrons. The Kier molecular flexibility index (Phi) is 6.04. The van der Waals surface area contributed by atoms with Gasteiger partial charge in [-0.3, -0.25) is 0 Å². The fourth-order valence-electron chi connectivity index (χ4n) is 2.96. The lowest BCUT2D eigenvalue weighted by Crippen LogP contribution is -2.23. The number of rotatable bonds is 5. The van der Waals surface area contributed by atoms with Gasteiger partial charge in [-0.2, -0.15) is 0 Å². The molecule has 0 bridgehead atoms. The van der Waals surface area contributed by atoms with Gasteiger partial charge in [-0.05, 0) is 55.6 Å². The van der Waals surface area contributed by atoms with Crippen molar-refractivity contribution in [2.45, 2.75) is 64.4 Å². The number of carbonyl (C=O) groups is 1. The van der Waals surface area contributed by atoms with Crippen LogP contribution in [0.1, 0.15) is 63.0 Å². The topological polar surface area (TPSA) is 26.3 Å². The summed E-state index contributed by atoms with van der Waals surface area (Å²) in [4.78, 5) is 11.6. The molecule has 2 nitrogen and oxygen atoms in total. The molecular formula is C19H26O2. The Morgan fingerprint density at radius 2 is 1.81 bits per heavy atom. The molecule has 1 aliphatic rings. The van der Waals surface area contributed by atoms with Crippen molar-refractivity contribution in [2.75, 3.05) is 0 Å². The molecule has 0 atom stereocenters. The second-order valence-corrected chi connectivity index (χ2v) is 5.82. The van der Waals surface area contributed by atoms with E-state index in [-0.39, 0.29) is 12.1 Å². The minimum absolute atomic E-state index is 0.102. The van der Waals surface area contributed by atoms with Crippen molar-refractivity contribution < 1.29 is 9.53 Å². The van der Waals surface area contributed by atoms with Gasteiger partial charge >= 0.3 is 5.97 Å². The Hall–Kier alpha value is -1.57. The number of allylic oxidation sites excluding steroid dienone is 1. The average molecular weight is 286 g/mol. The maximum atomic E-state index is 11.6. The van der Waals surface area contributed by atoms with Gasteiger partial charge in [0.15, 0.2) is 0 Å². The van der Waals surface area contributed by atoms with Gasteiger partial charge in [0.2, 0.25) is 0 Å². The molecule has 0 radical (unpaired) electrons. The van der Waals surface area contributed by atoms with E-state index in [1.807, 2.05) is 13.0 Å². The molecule has 1 aromatic rings. The summed E-state index contributed by atoms with van der Waals surface area (Å²) in [5.41, 5.74) is 2.83. The number of hydrogen-bond acceptors (Lipinski definition) is 2. The zero-order valence-electron chi connectivity index (χ0n) is 13.2. The van der Waals surface area contributed by atoms with Crippen molar-refractivity contribution >= 4 is 5.97 Å². The molecule has 0 heterocycles. The lowest BCUT2D eigenvalue weighted by Gasteiger charge is -2.28. The van der Waals surface area contributed by atoms with Crippen LogP contribution < -0.4 is 0 Å². The lowest BCUT2D eigenvalue weighted by atomic mass is 9.82. The standard InChI is InChI=1S/C19H26O2/c1-3-5-6-19(20)21-18-13-11-17(12-14-18)16-9-7-15(4-2)8-10-16/h5-10,17-18H,3-4,11-14H2,1-2H3. The molecule has 1 aliphatic carbocycles. The first-order valence-electron chi connectivity index (χ1n) is 8.19.